The highest BCUT2D eigenvalue weighted by Gasteiger charge is 2.50. The summed E-state index contributed by atoms with van der Waals surface area (Å²) in [6.07, 6.45) is -2.91. The fraction of sp³-hybridized carbons (Fsp3) is 0.500. The molecule has 3 heterocycles. The third-order valence-corrected chi connectivity index (χ3v) is 6.25. The summed E-state index contributed by atoms with van der Waals surface area (Å²) in [5.41, 5.74) is -0.0295. The molecule has 1 aliphatic rings. The minimum absolute atomic E-state index is 0.131. The fourth-order valence-corrected chi connectivity index (χ4v) is 5.05. The number of hydrogen-bond acceptors (Lipinski definition) is 5. The summed E-state index contributed by atoms with van der Waals surface area (Å²) < 4.78 is 69.2. The summed E-state index contributed by atoms with van der Waals surface area (Å²) >= 11 is 0. The normalized spacial score (nSPS) is 20.7. The number of sulfonamides is 1. The van der Waals surface area contributed by atoms with Gasteiger partial charge in [-0.3, -0.25) is 4.68 Å². The van der Waals surface area contributed by atoms with Gasteiger partial charge in [-0.2, -0.15) is 28.6 Å². The predicted octanol–water partition coefficient (Wildman–Crippen LogP) is 1.89. The number of halogens is 3. The lowest BCUT2D eigenvalue weighted by Gasteiger charge is -2.39. The van der Waals surface area contributed by atoms with E-state index in [1.54, 1.807) is 6.07 Å². The Hall–Kier alpha value is -2.55. The second kappa shape index (κ2) is 5.73. The van der Waals surface area contributed by atoms with Crippen molar-refractivity contribution in [2.24, 2.45) is 7.05 Å². The van der Waals surface area contributed by atoms with Crippen LogP contribution in [0.2, 0.25) is 0 Å². The van der Waals surface area contributed by atoms with Gasteiger partial charge < -0.3 is 0 Å². The Labute approximate surface area is 147 Å². The zero-order valence-corrected chi connectivity index (χ0v) is 14.9. The molecule has 2 aromatic heterocycles. The number of rotatable bonds is 2. The highest BCUT2D eigenvalue weighted by atomic mass is 32.2. The van der Waals surface area contributed by atoms with Crippen LogP contribution < -0.4 is 4.31 Å². The first-order valence-electron chi connectivity index (χ1n) is 7.57. The summed E-state index contributed by atoms with van der Waals surface area (Å²) in [6, 6.07) is -1.31. The molecule has 0 aromatic carbocycles. The van der Waals surface area contributed by atoms with Crippen molar-refractivity contribution in [3.05, 3.63) is 23.7 Å². The number of hydrogen-bond donors (Lipinski definition) is 0. The summed E-state index contributed by atoms with van der Waals surface area (Å²) in [6.45, 7) is 2.86. The molecule has 3 rings (SSSR count). The first kappa shape index (κ1) is 18.2. The zero-order chi connectivity index (χ0) is 19.4. The van der Waals surface area contributed by atoms with E-state index < -0.39 is 34.7 Å². The summed E-state index contributed by atoms with van der Waals surface area (Å²) in [5, 5.41) is 16.9. The molecule has 2 aromatic rings. The van der Waals surface area contributed by atoms with E-state index in [0.29, 0.717) is 4.68 Å². The molecule has 0 radical (unpaired) electrons. The van der Waals surface area contributed by atoms with Crippen LogP contribution in [0.3, 0.4) is 0 Å². The lowest BCUT2D eigenvalue weighted by atomic mass is 10.1. The van der Waals surface area contributed by atoms with E-state index in [4.69, 9.17) is 0 Å². The van der Waals surface area contributed by atoms with E-state index in [0.717, 1.165) is 10.5 Å². The van der Waals surface area contributed by atoms with E-state index in [1.807, 2.05) is 0 Å². The average Bonchev–Trinajstić information content (AvgIpc) is 3.08. The van der Waals surface area contributed by atoms with E-state index in [-0.39, 0.29) is 22.0 Å². The highest BCUT2D eigenvalue weighted by Crippen LogP contribution is 2.44. The van der Waals surface area contributed by atoms with Crippen LogP contribution in [0.25, 0.3) is 0 Å². The van der Waals surface area contributed by atoms with Gasteiger partial charge in [0.05, 0.1) is 11.9 Å². The van der Waals surface area contributed by atoms with Crippen molar-refractivity contribution in [2.45, 2.75) is 43.4 Å². The minimum atomic E-state index is -4.62. The Morgan fingerprint density at radius 3 is 2.54 bits per heavy atom. The Morgan fingerprint density at radius 1 is 1.38 bits per heavy atom. The number of aromatic nitrogens is 4. The maximum atomic E-state index is 13.4. The van der Waals surface area contributed by atoms with Crippen molar-refractivity contribution < 1.29 is 21.6 Å². The first-order chi connectivity index (χ1) is 12.0. The van der Waals surface area contributed by atoms with Gasteiger partial charge >= 0.3 is 6.18 Å². The molecule has 140 valence electrons. The van der Waals surface area contributed by atoms with Crippen molar-refractivity contribution in [2.75, 3.05) is 4.31 Å². The number of alkyl halides is 3. The van der Waals surface area contributed by atoms with Crippen LogP contribution in [-0.4, -0.2) is 40.2 Å². The summed E-state index contributed by atoms with van der Waals surface area (Å²) in [5.74, 6) is -0.378. The largest absolute Gasteiger partial charge is 0.410 e. The van der Waals surface area contributed by atoms with Gasteiger partial charge in [0.15, 0.2) is 11.9 Å². The lowest BCUT2D eigenvalue weighted by molar-refractivity contribution is -0.173. The molecule has 0 fully saturated rings. The topological polar surface area (TPSA) is 96.8 Å². The van der Waals surface area contributed by atoms with Crippen molar-refractivity contribution in [1.29, 1.82) is 5.26 Å². The average molecular weight is 388 g/mol. The zero-order valence-electron chi connectivity index (χ0n) is 14.1. The van der Waals surface area contributed by atoms with E-state index in [9.17, 15) is 26.9 Å². The quantitative estimate of drug-likeness (QED) is 0.783. The summed E-state index contributed by atoms with van der Waals surface area (Å²) in [4.78, 5) is -0.131. The molecule has 1 aliphatic heterocycles. The molecule has 0 aliphatic carbocycles. The van der Waals surface area contributed by atoms with Gasteiger partial charge in [0, 0.05) is 25.7 Å². The van der Waals surface area contributed by atoms with E-state index >= 15 is 0 Å². The Balaban J connectivity index is 2.24. The smallest absolute Gasteiger partial charge is 0.274 e. The second-order valence-corrected chi connectivity index (χ2v) is 7.92. The lowest BCUT2D eigenvalue weighted by Crippen LogP contribution is -2.48. The monoisotopic (exact) mass is 388 g/mol. The minimum Gasteiger partial charge on any atom is -0.274 e. The SMILES string of the molecule is Cc1nn(C)cc1S(=O)(=O)N1c2c(C#N)cnn2[C@H](C(F)(F)F)C[C@@H]1C. The van der Waals surface area contributed by atoms with Crippen LogP contribution in [0.4, 0.5) is 19.0 Å². The number of anilines is 1. The molecule has 2 atom stereocenters. The van der Waals surface area contributed by atoms with Gasteiger partial charge in [-0.15, -0.1) is 0 Å². The van der Waals surface area contributed by atoms with Crippen molar-refractivity contribution in [3.63, 3.8) is 0 Å². The molecule has 0 saturated heterocycles. The van der Waals surface area contributed by atoms with Gasteiger partial charge in [0.25, 0.3) is 10.0 Å². The number of nitrogens with zero attached hydrogens (tertiary/aromatic N) is 6. The highest BCUT2D eigenvalue weighted by molar-refractivity contribution is 7.93. The van der Waals surface area contributed by atoms with Crippen LogP contribution in [-0.2, 0) is 17.1 Å². The van der Waals surface area contributed by atoms with Gasteiger partial charge in [-0.1, -0.05) is 0 Å². The Bertz CT molecular complexity index is 1000. The molecule has 0 bridgehead atoms. The van der Waals surface area contributed by atoms with Gasteiger partial charge in [-0.05, 0) is 13.8 Å². The molecule has 26 heavy (non-hydrogen) atoms. The van der Waals surface area contributed by atoms with Crippen molar-refractivity contribution in [1.82, 2.24) is 19.6 Å². The molecule has 0 amide bonds. The third-order valence-electron chi connectivity index (χ3n) is 4.24. The molecular weight excluding hydrogens is 373 g/mol. The second-order valence-electron chi connectivity index (χ2n) is 6.13. The van der Waals surface area contributed by atoms with Crippen LogP contribution >= 0.6 is 0 Å². The molecule has 0 unspecified atom stereocenters. The number of aryl methyl sites for hydroxylation is 2. The maximum absolute atomic E-state index is 13.4. The van der Waals surface area contributed by atoms with Crippen LogP contribution in [0.15, 0.2) is 17.3 Å². The van der Waals surface area contributed by atoms with E-state index in [1.165, 1.54) is 31.8 Å². The van der Waals surface area contributed by atoms with Gasteiger partial charge in [0.1, 0.15) is 16.5 Å². The third kappa shape index (κ3) is 2.63. The molecule has 12 heteroatoms. The Morgan fingerprint density at radius 2 is 2.04 bits per heavy atom. The van der Waals surface area contributed by atoms with Crippen molar-refractivity contribution >= 4 is 15.8 Å². The standard InChI is InChI=1S/C14H15F3N6O2S/c1-8-4-12(14(15,16)17)22-13(10(5-18)6-19-22)23(8)26(24,25)11-7-21(3)20-9(11)2/h6-8,12H,4H2,1-3H3/t8-,12-/m0/s1. The molecule has 0 spiro atoms. The molecule has 8 nitrogen and oxygen atoms in total. The van der Waals surface area contributed by atoms with Crippen molar-refractivity contribution in [3.8, 4) is 6.07 Å². The predicted molar refractivity (Wildman–Crippen MR) is 83.7 cm³/mol. The Kier molecular flexibility index (Phi) is 4.02. The van der Waals surface area contributed by atoms with Crippen LogP contribution in [0, 0.1) is 18.3 Å². The number of nitriles is 1. The molecule has 0 saturated carbocycles. The first-order valence-corrected chi connectivity index (χ1v) is 9.01. The number of fused-ring (bicyclic) bond motifs is 1. The van der Waals surface area contributed by atoms with Gasteiger partial charge in [0.2, 0.25) is 0 Å². The maximum Gasteiger partial charge on any atom is 0.410 e. The summed E-state index contributed by atoms with van der Waals surface area (Å²) in [7, 11) is -2.70. The van der Waals surface area contributed by atoms with E-state index in [2.05, 4.69) is 10.2 Å². The molecule has 0 N–H and O–H groups in total. The van der Waals surface area contributed by atoms with Gasteiger partial charge in [-0.25, -0.2) is 17.4 Å². The van der Waals surface area contributed by atoms with Crippen LogP contribution in [0.5, 0.6) is 0 Å². The van der Waals surface area contributed by atoms with Crippen LogP contribution in [0.1, 0.15) is 30.6 Å². The fourth-order valence-electron chi connectivity index (χ4n) is 3.17. The molecular formula is C14H15F3N6O2S.